The molecular formula is C24H20FN3O2. The van der Waals surface area contributed by atoms with E-state index in [4.69, 9.17) is 14.5 Å². The maximum absolute atomic E-state index is 13.3. The summed E-state index contributed by atoms with van der Waals surface area (Å²) in [5.74, 6) is 0.550. The van der Waals surface area contributed by atoms with Gasteiger partial charge < -0.3 is 9.47 Å². The number of benzene rings is 2. The Labute approximate surface area is 173 Å². The highest BCUT2D eigenvalue weighted by Gasteiger charge is 2.29. The lowest BCUT2D eigenvalue weighted by Gasteiger charge is -2.29. The largest absolute Gasteiger partial charge is 0.345 e. The molecule has 4 aromatic rings. The van der Waals surface area contributed by atoms with Crippen LogP contribution in [0.15, 0.2) is 85.3 Å². The fourth-order valence-corrected chi connectivity index (χ4v) is 3.60. The van der Waals surface area contributed by atoms with Crippen molar-refractivity contribution >= 4 is 0 Å². The van der Waals surface area contributed by atoms with Gasteiger partial charge in [0, 0.05) is 35.8 Å². The molecule has 0 aliphatic carbocycles. The summed E-state index contributed by atoms with van der Waals surface area (Å²) in [7, 11) is 0. The van der Waals surface area contributed by atoms with Crippen LogP contribution >= 0.6 is 0 Å². The van der Waals surface area contributed by atoms with Crippen molar-refractivity contribution in [1.29, 1.82) is 0 Å². The minimum atomic E-state index is -0.590. The van der Waals surface area contributed by atoms with Crippen molar-refractivity contribution in [3.8, 4) is 16.9 Å². The lowest BCUT2D eigenvalue weighted by molar-refractivity contribution is -0.196. The molecule has 2 aromatic carbocycles. The van der Waals surface area contributed by atoms with Crippen molar-refractivity contribution in [3.63, 3.8) is 0 Å². The van der Waals surface area contributed by atoms with Crippen LogP contribution in [-0.2, 0) is 9.47 Å². The summed E-state index contributed by atoms with van der Waals surface area (Å²) < 4.78 is 27.4. The highest BCUT2D eigenvalue weighted by molar-refractivity contribution is 5.59. The summed E-state index contributed by atoms with van der Waals surface area (Å²) in [5, 5.41) is 0. The summed E-state index contributed by atoms with van der Waals surface area (Å²) in [6.45, 7) is 1.09. The molecule has 150 valence electrons. The first-order chi connectivity index (χ1) is 14.8. The second-order valence-corrected chi connectivity index (χ2v) is 7.17. The number of pyridine rings is 1. The second-order valence-electron chi connectivity index (χ2n) is 7.17. The lowest BCUT2D eigenvalue weighted by Crippen LogP contribution is -2.27. The van der Waals surface area contributed by atoms with E-state index in [1.807, 2.05) is 41.1 Å². The van der Waals surface area contributed by atoms with E-state index >= 15 is 0 Å². The smallest absolute Gasteiger partial charge is 0.217 e. The number of nitrogens with zero attached hydrogens (tertiary/aromatic N) is 3. The standard InChI is InChI=1S/C24H20FN3O2/c25-20-8-6-18(7-9-20)22-14-28(21-10-12-26-13-11-21)23(27-22)24-29-15-19(16-30-24)17-4-2-1-3-5-17/h1-14,19,24H,15-16H2. The second kappa shape index (κ2) is 8.18. The van der Waals surface area contributed by atoms with Gasteiger partial charge in [0.2, 0.25) is 6.29 Å². The summed E-state index contributed by atoms with van der Waals surface area (Å²) >= 11 is 0. The molecule has 0 bridgehead atoms. The van der Waals surface area contributed by atoms with Gasteiger partial charge in [-0.3, -0.25) is 9.55 Å². The molecule has 5 rings (SSSR count). The molecule has 0 unspecified atom stereocenters. The Morgan fingerprint density at radius 3 is 2.27 bits per heavy atom. The van der Waals surface area contributed by atoms with Crippen molar-refractivity contribution < 1.29 is 13.9 Å². The molecule has 0 spiro atoms. The van der Waals surface area contributed by atoms with E-state index in [9.17, 15) is 4.39 Å². The van der Waals surface area contributed by atoms with Crippen molar-refractivity contribution in [2.45, 2.75) is 12.2 Å². The average Bonchev–Trinajstić information content (AvgIpc) is 3.26. The van der Waals surface area contributed by atoms with Gasteiger partial charge in [-0.25, -0.2) is 9.37 Å². The zero-order valence-electron chi connectivity index (χ0n) is 16.2. The number of hydrogen-bond acceptors (Lipinski definition) is 4. The van der Waals surface area contributed by atoms with Gasteiger partial charge in [-0.15, -0.1) is 0 Å². The lowest BCUT2D eigenvalue weighted by atomic mass is 10.0. The average molecular weight is 401 g/mol. The molecule has 1 aliphatic rings. The molecule has 0 N–H and O–H groups in total. The van der Waals surface area contributed by atoms with Gasteiger partial charge in [-0.1, -0.05) is 30.3 Å². The molecule has 0 amide bonds. The molecule has 6 heteroatoms. The Bertz CT molecular complexity index is 1110. The highest BCUT2D eigenvalue weighted by atomic mass is 19.1. The molecule has 3 heterocycles. The van der Waals surface area contributed by atoms with Crippen molar-refractivity contribution in [2.24, 2.45) is 0 Å². The van der Waals surface area contributed by atoms with Crippen LogP contribution in [0.3, 0.4) is 0 Å². The maximum atomic E-state index is 13.3. The molecule has 5 nitrogen and oxygen atoms in total. The predicted octanol–water partition coefficient (Wildman–Crippen LogP) is 4.90. The van der Waals surface area contributed by atoms with Crippen molar-refractivity contribution in [1.82, 2.24) is 14.5 Å². The molecule has 30 heavy (non-hydrogen) atoms. The van der Waals surface area contributed by atoms with Gasteiger partial charge in [0.05, 0.1) is 18.9 Å². The van der Waals surface area contributed by atoms with Crippen LogP contribution in [0.5, 0.6) is 0 Å². The fourth-order valence-electron chi connectivity index (χ4n) is 3.60. The third kappa shape index (κ3) is 3.75. The van der Waals surface area contributed by atoms with Crippen LogP contribution in [-0.4, -0.2) is 27.7 Å². The van der Waals surface area contributed by atoms with Gasteiger partial charge in [-0.2, -0.15) is 0 Å². The Morgan fingerprint density at radius 1 is 0.867 bits per heavy atom. The quantitative estimate of drug-likeness (QED) is 0.488. The molecule has 0 radical (unpaired) electrons. The normalized spacial score (nSPS) is 19.0. The Morgan fingerprint density at radius 2 is 1.57 bits per heavy atom. The Hall–Kier alpha value is -3.35. The van der Waals surface area contributed by atoms with Gasteiger partial charge >= 0.3 is 0 Å². The molecule has 1 aliphatic heterocycles. The van der Waals surface area contributed by atoms with Gasteiger partial charge in [0.1, 0.15) is 5.82 Å². The van der Waals surface area contributed by atoms with E-state index in [0.29, 0.717) is 19.0 Å². The van der Waals surface area contributed by atoms with Crippen LogP contribution in [0.2, 0.25) is 0 Å². The molecular weight excluding hydrogens is 381 g/mol. The summed E-state index contributed by atoms with van der Waals surface area (Å²) in [6, 6.07) is 20.3. The predicted molar refractivity (Wildman–Crippen MR) is 111 cm³/mol. The van der Waals surface area contributed by atoms with Crippen molar-refractivity contribution in [3.05, 3.63) is 103 Å². The van der Waals surface area contributed by atoms with Crippen LogP contribution in [0.4, 0.5) is 4.39 Å². The first-order valence-electron chi connectivity index (χ1n) is 9.82. The zero-order valence-corrected chi connectivity index (χ0v) is 16.2. The number of ether oxygens (including phenoxy) is 2. The van der Waals surface area contributed by atoms with E-state index in [1.165, 1.54) is 17.7 Å². The topological polar surface area (TPSA) is 49.2 Å². The Balaban J connectivity index is 1.46. The monoisotopic (exact) mass is 401 g/mol. The van der Waals surface area contributed by atoms with E-state index in [0.717, 1.165) is 16.9 Å². The third-order valence-corrected chi connectivity index (χ3v) is 5.19. The number of imidazole rings is 1. The van der Waals surface area contributed by atoms with E-state index in [-0.39, 0.29) is 11.7 Å². The molecule has 1 saturated heterocycles. The first-order valence-corrected chi connectivity index (χ1v) is 9.82. The van der Waals surface area contributed by atoms with E-state index in [2.05, 4.69) is 17.1 Å². The molecule has 2 aromatic heterocycles. The number of aromatic nitrogens is 3. The summed E-state index contributed by atoms with van der Waals surface area (Å²) in [5.41, 5.74) is 3.64. The number of rotatable bonds is 4. The molecule has 0 atom stereocenters. The van der Waals surface area contributed by atoms with Gasteiger partial charge in [0.15, 0.2) is 5.82 Å². The molecule has 1 fully saturated rings. The maximum Gasteiger partial charge on any atom is 0.217 e. The van der Waals surface area contributed by atoms with E-state index in [1.54, 1.807) is 24.5 Å². The van der Waals surface area contributed by atoms with Crippen molar-refractivity contribution in [2.75, 3.05) is 13.2 Å². The highest BCUT2D eigenvalue weighted by Crippen LogP contribution is 2.32. The molecule has 0 saturated carbocycles. The van der Waals surface area contributed by atoms with Crippen LogP contribution in [0.1, 0.15) is 23.6 Å². The summed E-state index contributed by atoms with van der Waals surface area (Å²) in [6.07, 6.45) is 4.77. The van der Waals surface area contributed by atoms with Crippen LogP contribution in [0.25, 0.3) is 16.9 Å². The van der Waals surface area contributed by atoms with Crippen LogP contribution < -0.4 is 0 Å². The van der Waals surface area contributed by atoms with E-state index < -0.39 is 6.29 Å². The van der Waals surface area contributed by atoms with Gasteiger partial charge in [0.25, 0.3) is 0 Å². The first kappa shape index (κ1) is 18.7. The number of halogens is 1. The minimum absolute atomic E-state index is 0.184. The minimum Gasteiger partial charge on any atom is -0.345 e. The van der Waals surface area contributed by atoms with Crippen LogP contribution in [0, 0.1) is 5.82 Å². The Kier molecular flexibility index (Phi) is 5.09. The number of hydrogen-bond donors (Lipinski definition) is 0. The van der Waals surface area contributed by atoms with Gasteiger partial charge in [-0.05, 0) is 42.0 Å². The third-order valence-electron chi connectivity index (χ3n) is 5.19. The zero-order chi connectivity index (χ0) is 20.3. The fraction of sp³-hybridized carbons (Fsp3) is 0.167. The summed E-state index contributed by atoms with van der Waals surface area (Å²) in [4.78, 5) is 8.87. The SMILES string of the molecule is Fc1ccc(-c2cn(-c3ccncc3)c(C3OCC(c4ccccc4)CO3)n2)cc1.